The summed E-state index contributed by atoms with van der Waals surface area (Å²) in [5.41, 5.74) is 0.254. The number of carbonyl (C=O) groups excluding carboxylic acids is 1. The van der Waals surface area contributed by atoms with Crippen molar-refractivity contribution in [2.24, 2.45) is 4.99 Å². The molecule has 2 rings (SSSR count). The minimum atomic E-state index is -2.85. The van der Waals surface area contributed by atoms with Crippen molar-refractivity contribution in [3.8, 4) is 5.75 Å². The molecule has 0 saturated carbocycles. The molecule has 156 valence electrons. The number of guanidine groups is 1. The number of halogens is 2. The summed E-state index contributed by atoms with van der Waals surface area (Å²) < 4.78 is 34.4. The second-order valence-corrected chi connectivity index (χ2v) is 7.50. The lowest BCUT2D eigenvalue weighted by atomic mass is 10.2. The third-order valence-corrected chi connectivity index (χ3v) is 3.99. The summed E-state index contributed by atoms with van der Waals surface area (Å²) in [6.07, 6.45) is 0.343. The average molecular weight is 398 g/mol. The van der Waals surface area contributed by atoms with E-state index in [1.807, 2.05) is 31.7 Å². The maximum atomic E-state index is 12.3. The van der Waals surface area contributed by atoms with E-state index in [1.54, 1.807) is 19.2 Å². The van der Waals surface area contributed by atoms with E-state index in [1.165, 1.54) is 6.07 Å². The molecule has 7 nitrogen and oxygen atoms in total. The summed E-state index contributed by atoms with van der Waals surface area (Å²) in [7, 11) is 1.67. The van der Waals surface area contributed by atoms with Crippen LogP contribution in [-0.4, -0.2) is 55.3 Å². The summed E-state index contributed by atoms with van der Waals surface area (Å²) in [5.74, 6) is 0.792. The van der Waals surface area contributed by atoms with Gasteiger partial charge in [-0.3, -0.25) is 4.99 Å². The molecule has 0 radical (unpaired) electrons. The van der Waals surface area contributed by atoms with Gasteiger partial charge in [-0.25, -0.2) is 4.79 Å². The highest BCUT2D eigenvalue weighted by Crippen LogP contribution is 2.16. The molecule has 1 fully saturated rings. The number of nitrogens with one attached hydrogen (secondary N) is 2. The zero-order valence-electron chi connectivity index (χ0n) is 16.7. The number of carbonyl (C=O) groups is 1. The van der Waals surface area contributed by atoms with Crippen molar-refractivity contribution in [3.05, 3.63) is 29.8 Å². The van der Waals surface area contributed by atoms with Gasteiger partial charge in [0.25, 0.3) is 0 Å². The largest absolute Gasteiger partial charge is 0.444 e. The highest BCUT2D eigenvalue weighted by Gasteiger charge is 2.27. The topological polar surface area (TPSA) is 75.2 Å². The minimum Gasteiger partial charge on any atom is -0.444 e. The molecule has 1 amide bonds. The third-order valence-electron chi connectivity index (χ3n) is 3.99. The smallest absolute Gasteiger partial charge is 0.407 e. The predicted molar refractivity (Wildman–Crippen MR) is 103 cm³/mol. The summed E-state index contributed by atoms with van der Waals surface area (Å²) in [5, 5.41) is 6.08. The molecule has 28 heavy (non-hydrogen) atoms. The summed E-state index contributed by atoms with van der Waals surface area (Å²) in [6, 6.07) is 6.49. The zero-order valence-corrected chi connectivity index (χ0v) is 16.7. The Labute approximate surface area is 164 Å². The van der Waals surface area contributed by atoms with Crippen molar-refractivity contribution < 1.29 is 23.0 Å². The molecule has 0 bridgehead atoms. The highest BCUT2D eigenvalue weighted by atomic mass is 19.3. The number of alkyl halides is 2. The van der Waals surface area contributed by atoms with E-state index in [9.17, 15) is 13.6 Å². The normalized spacial score (nSPS) is 17.6. The average Bonchev–Trinajstić information content (AvgIpc) is 3.01. The van der Waals surface area contributed by atoms with Gasteiger partial charge in [0.05, 0.1) is 6.04 Å². The van der Waals surface area contributed by atoms with Gasteiger partial charge in [0.1, 0.15) is 11.4 Å². The predicted octanol–water partition coefficient (Wildman–Crippen LogP) is 2.96. The van der Waals surface area contributed by atoms with E-state index in [-0.39, 0.29) is 11.8 Å². The number of hydrogen-bond acceptors (Lipinski definition) is 4. The van der Waals surface area contributed by atoms with Crippen LogP contribution >= 0.6 is 0 Å². The van der Waals surface area contributed by atoms with Crippen molar-refractivity contribution in [2.45, 2.75) is 52.0 Å². The van der Waals surface area contributed by atoms with Crippen molar-refractivity contribution in [3.63, 3.8) is 0 Å². The molecule has 0 aliphatic carbocycles. The first kappa shape index (κ1) is 21.7. The van der Waals surface area contributed by atoms with E-state index in [2.05, 4.69) is 20.4 Å². The fraction of sp³-hybridized carbons (Fsp3) is 0.579. The molecule has 2 N–H and O–H groups in total. The van der Waals surface area contributed by atoms with Crippen molar-refractivity contribution in [1.29, 1.82) is 0 Å². The van der Waals surface area contributed by atoms with E-state index in [0.717, 1.165) is 18.5 Å². The van der Waals surface area contributed by atoms with Gasteiger partial charge in [-0.1, -0.05) is 12.1 Å². The first-order chi connectivity index (χ1) is 13.2. The molecule has 1 atom stereocenters. The summed E-state index contributed by atoms with van der Waals surface area (Å²) in [6.45, 7) is 4.35. The monoisotopic (exact) mass is 398 g/mol. The standard InChI is InChI=1S/C19H28F2N4O3/c1-19(2,3)28-18(26)24-14-8-9-25(12-14)17(22-4)23-11-13-6-5-7-15(10-13)27-16(20)21/h5-7,10,14,16H,8-9,11-12H2,1-4H3,(H,22,23)(H,24,26). The van der Waals surface area contributed by atoms with Crippen LogP contribution in [0.15, 0.2) is 29.3 Å². The van der Waals surface area contributed by atoms with E-state index < -0.39 is 18.3 Å². The third kappa shape index (κ3) is 7.21. The second kappa shape index (κ2) is 9.57. The fourth-order valence-corrected chi connectivity index (χ4v) is 2.89. The maximum absolute atomic E-state index is 12.3. The number of ether oxygens (including phenoxy) is 2. The molecule has 1 heterocycles. The number of alkyl carbamates (subject to hydrolysis) is 1. The molecular weight excluding hydrogens is 370 g/mol. The zero-order chi connectivity index (χ0) is 20.7. The van der Waals surface area contributed by atoms with Crippen LogP contribution < -0.4 is 15.4 Å². The molecule has 1 aromatic rings. The Bertz CT molecular complexity index is 692. The lowest BCUT2D eigenvalue weighted by Crippen LogP contribution is -2.44. The van der Waals surface area contributed by atoms with Crippen LogP contribution in [0.5, 0.6) is 5.75 Å². The van der Waals surface area contributed by atoms with Gasteiger partial charge in [0.2, 0.25) is 0 Å². The first-order valence-electron chi connectivity index (χ1n) is 9.15. The van der Waals surface area contributed by atoms with Gasteiger partial charge in [0, 0.05) is 26.7 Å². The Morgan fingerprint density at radius 3 is 2.79 bits per heavy atom. The Morgan fingerprint density at radius 1 is 1.39 bits per heavy atom. The number of rotatable bonds is 5. The fourth-order valence-electron chi connectivity index (χ4n) is 2.89. The van der Waals surface area contributed by atoms with E-state index in [0.29, 0.717) is 19.0 Å². The second-order valence-electron chi connectivity index (χ2n) is 7.50. The van der Waals surface area contributed by atoms with Crippen LogP contribution in [0.25, 0.3) is 0 Å². The lowest BCUT2D eigenvalue weighted by Gasteiger charge is -2.23. The van der Waals surface area contributed by atoms with Crippen LogP contribution in [-0.2, 0) is 11.3 Å². The summed E-state index contributed by atoms with van der Waals surface area (Å²) in [4.78, 5) is 18.2. The van der Waals surface area contributed by atoms with E-state index in [4.69, 9.17) is 4.74 Å². The Morgan fingerprint density at radius 2 is 2.14 bits per heavy atom. The van der Waals surface area contributed by atoms with Crippen LogP contribution in [0, 0.1) is 0 Å². The Balaban J connectivity index is 1.85. The Kier molecular flexibility index (Phi) is 7.42. The van der Waals surface area contributed by atoms with Gasteiger partial charge in [0.15, 0.2) is 5.96 Å². The summed E-state index contributed by atoms with van der Waals surface area (Å²) >= 11 is 0. The molecule has 0 aromatic heterocycles. The van der Waals surface area contributed by atoms with Crippen molar-refractivity contribution in [2.75, 3.05) is 20.1 Å². The molecule has 0 spiro atoms. The van der Waals surface area contributed by atoms with Crippen molar-refractivity contribution in [1.82, 2.24) is 15.5 Å². The lowest BCUT2D eigenvalue weighted by molar-refractivity contribution is -0.0498. The molecular formula is C19H28F2N4O3. The Hall–Kier alpha value is -2.58. The number of aliphatic imine (C=N–C) groups is 1. The molecule has 1 aromatic carbocycles. The van der Waals surface area contributed by atoms with Gasteiger partial charge < -0.3 is 25.0 Å². The quantitative estimate of drug-likeness (QED) is 0.589. The number of hydrogen-bond donors (Lipinski definition) is 2. The van der Waals surface area contributed by atoms with Gasteiger partial charge in [-0.2, -0.15) is 8.78 Å². The number of amides is 1. The van der Waals surface area contributed by atoms with Crippen LogP contribution in [0.4, 0.5) is 13.6 Å². The number of nitrogens with zero attached hydrogens (tertiary/aromatic N) is 2. The number of benzene rings is 1. The van der Waals surface area contributed by atoms with E-state index >= 15 is 0 Å². The van der Waals surface area contributed by atoms with Crippen LogP contribution in [0.3, 0.4) is 0 Å². The maximum Gasteiger partial charge on any atom is 0.407 e. The molecule has 1 unspecified atom stereocenters. The highest BCUT2D eigenvalue weighted by molar-refractivity contribution is 5.80. The minimum absolute atomic E-state index is 0.0313. The number of likely N-dealkylation sites (tertiary alicyclic amines) is 1. The van der Waals surface area contributed by atoms with Gasteiger partial charge in [-0.15, -0.1) is 0 Å². The van der Waals surface area contributed by atoms with Crippen molar-refractivity contribution >= 4 is 12.1 Å². The van der Waals surface area contributed by atoms with Crippen LogP contribution in [0.2, 0.25) is 0 Å². The first-order valence-corrected chi connectivity index (χ1v) is 9.15. The van der Waals surface area contributed by atoms with Gasteiger partial charge in [-0.05, 0) is 44.9 Å². The SMILES string of the molecule is CN=C(NCc1cccc(OC(F)F)c1)N1CCC(NC(=O)OC(C)(C)C)C1. The van der Waals surface area contributed by atoms with Gasteiger partial charge >= 0.3 is 12.7 Å². The molecule has 9 heteroatoms. The molecule has 1 aliphatic rings. The molecule has 1 aliphatic heterocycles. The van der Waals surface area contributed by atoms with Crippen LogP contribution in [0.1, 0.15) is 32.8 Å². The molecule has 1 saturated heterocycles.